The van der Waals surface area contributed by atoms with E-state index < -0.39 is 0 Å². The molecule has 4 rings (SSSR count). The Morgan fingerprint density at radius 2 is 1.77 bits per heavy atom. The number of pyridine rings is 1. The highest BCUT2D eigenvalue weighted by molar-refractivity contribution is 5.71. The molecule has 26 heavy (non-hydrogen) atoms. The minimum Gasteiger partial charge on any atom is -0.393 e. The zero-order valence-electron chi connectivity index (χ0n) is 14.7. The molecule has 0 unspecified atom stereocenters. The van der Waals surface area contributed by atoms with Crippen molar-refractivity contribution in [3.63, 3.8) is 0 Å². The first-order valence-corrected chi connectivity index (χ1v) is 9.07. The third kappa shape index (κ3) is 3.98. The van der Waals surface area contributed by atoms with Crippen LogP contribution in [0.2, 0.25) is 0 Å². The minimum atomic E-state index is -0.134. The highest BCUT2D eigenvalue weighted by Gasteiger charge is 2.17. The third-order valence-corrected chi connectivity index (χ3v) is 4.86. The van der Waals surface area contributed by atoms with Gasteiger partial charge in [0.15, 0.2) is 5.65 Å². The van der Waals surface area contributed by atoms with E-state index in [1.807, 2.05) is 12.1 Å². The van der Waals surface area contributed by atoms with Crippen LogP contribution in [0.1, 0.15) is 24.0 Å². The Bertz CT molecular complexity index is 877. The molecule has 2 N–H and O–H groups in total. The van der Waals surface area contributed by atoms with E-state index in [1.165, 1.54) is 11.1 Å². The van der Waals surface area contributed by atoms with Crippen LogP contribution in [0.4, 0.5) is 5.82 Å². The van der Waals surface area contributed by atoms with Crippen LogP contribution in [-0.2, 0) is 13.1 Å². The number of aliphatic hydroxyl groups is 1. The number of hydrogen-bond donors (Lipinski definition) is 2. The molecule has 0 bridgehead atoms. The van der Waals surface area contributed by atoms with Crippen molar-refractivity contribution >= 4 is 17.0 Å². The van der Waals surface area contributed by atoms with Gasteiger partial charge in [-0.05, 0) is 36.1 Å². The van der Waals surface area contributed by atoms with Gasteiger partial charge in [0.25, 0.3) is 0 Å². The van der Waals surface area contributed by atoms with E-state index in [9.17, 15) is 5.11 Å². The average molecular weight is 349 g/mol. The maximum Gasteiger partial charge on any atom is 0.180 e. The first-order valence-electron chi connectivity index (χ1n) is 9.07. The highest BCUT2D eigenvalue weighted by atomic mass is 16.3. The molecule has 0 amide bonds. The van der Waals surface area contributed by atoms with Crippen molar-refractivity contribution < 1.29 is 5.11 Å². The highest BCUT2D eigenvalue weighted by Crippen LogP contribution is 2.18. The molecule has 3 heterocycles. The largest absolute Gasteiger partial charge is 0.393 e. The van der Waals surface area contributed by atoms with E-state index in [2.05, 4.69) is 49.4 Å². The predicted molar refractivity (Wildman–Crippen MR) is 102 cm³/mol. The summed E-state index contributed by atoms with van der Waals surface area (Å²) in [5, 5.41) is 13.1. The molecule has 1 fully saturated rings. The molecule has 3 aromatic rings. The maximum absolute atomic E-state index is 9.68. The molecular formula is C20H23N5O. The van der Waals surface area contributed by atoms with Crippen LogP contribution in [-0.4, -0.2) is 44.2 Å². The predicted octanol–water partition coefficient (Wildman–Crippen LogP) is 2.59. The van der Waals surface area contributed by atoms with Crippen LogP contribution >= 0.6 is 0 Å². The third-order valence-electron chi connectivity index (χ3n) is 4.86. The summed E-state index contributed by atoms with van der Waals surface area (Å²) in [7, 11) is 0. The molecule has 1 aromatic carbocycles. The van der Waals surface area contributed by atoms with E-state index in [1.54, 1.807) is 12.4 Å². The topological polar surface area (TPSA) is 74.2 Å². The smallest absolute Gasteiger partial charge is 0.180 e. The van der Waals surface area contributed by atoms with Crippen LogP contribution in [0, 0.1) is 0 Å². The van der Waals surface area contributed by atoms with Crippen molar-refractivity contribution in [3.05, 3.63) is 59.9 Å². The Balaban J connectivity index is 1.44. The van der Waals surface area contributed by atoms with Crippen LogP contribution in [0.15, 0.2) is 48.8 Å². The quantitative estimate of drug-likeness (QED) is 0.737. The Labute approximate surface area is 152 Å². The number of piperidine rings is 1. The number of fused-ring (bicyclic) bond motifs is 1. The molecule has 134 valence electrons. The van der Waals surface area contributed by atoms with E-state index in [0.29, 0.717) is 12.2 Å². The summed E-state index contributed by atoms with van der Waals surface area (Å²) in [4.78, 5) is 15.4. The van der Waals surface area contributed by atoms with Crippen molar-refractivity contribution in [2.75, 3.05) is 18.4 Å². The first kappa shape index (κ1) is 16.9. The normalized spacial score (nSPS) is 16.0. The Morgan fingerprint density at radius 3 is 2.62 bits per heavy atom. The Hall–Kier alpha value is -2.57. The Morgan fingerprint density at radius 1 is 1.00 bits per heavy atom. The zero-order chi connectivity index (χ0) is 17.8. The summed E-state index contributed by atoms with van der Waals surface area (Å²) in [6.45, 7) is 3.54. The molecule has 1 aliphatic heterocycles. The standard InChI is InChI=1S/C20H23N5O/c26-17-7-11-25(12-8-17)14-16-4-2-1-3-15(16)13-23-19-6-5-18-20(24-19)22-10-9-21-18/h1-6,9-10,17,26H,7-8,11-14H2,(H,22,23,24). The summed E-state index contributed by atoms with van der Waals surface area (Å²) in [5.74, 6) is 0.800. The summed E-state index contributed by atoms with van der Waals surface area (Å²) in [6, 6.07) is 12.4. The first-order chi connectivity index (χ1) is 12.8. The molecule has 0 spiro atoms. The van der Waals surface area contributed by atoms with Gasteiger partial charge in [-0.15, -0.1) is 0 Å². The maximum atomic E-state index is 9.68. The van der Waals surface area contributed by atoms with Crippen molar-refractivity contribution in [1.82, 2.24) is 19.9 Å². The lowest BCUT2D eigenvalue weighted by Crippen LogP contribution is -2.35. The molecule has 0 radical (unpaired) electrons. The van der Waals surface area contributed by atoms with Gasteiger partial charge in [-0.3, -0.25) is 9.88 Å². The summed E-state index contributed by atoms with van der Waals surface area (Å²) < 4.78 is 0. The molecule has 2 aromatic heterocycles. The van der Waals surface area contributed by atoms with Gasteiger partial charge in [0.1, 0.15) is 11.3 Å². The second kappa shape index (κ2) is 7.76. The molecule has 0 saturated carbocycles. The number of aliphatic hydroxyl groups excluding tert-OH is 1. The van der Waals surface area contributed by atoms with Crippen molar-refractivity contribution in [2.24, 2.45) is 0 Å². The lowest BCUT2D eigenvalue weighted by molar-refractivity contribution is 0.0791. The molecular weight excluding hydrogens is 326 g/mol. The second-order valence-electron chi connectivity index (χ2n) is 6.73. The van der Waals surface area contributed by atoms with E-state index >= 15 is 0 Å². The zero-order valence-corrected chi connectivity index (χ0v) is 14.7. The SMILES string of the molecule is OC1CCN(Cc2ccccc2CNc2ccc3nccnc3n2)CC1. The fourth-order valence-corrected chi connectivity index (χ4v) is 3.34. The number of rotatable bonds is 5. The van der Waals surface area contributed by atoms with Crippen LogP contribution in [0.3, 0.4) is 0 Å². The van der Waals surface area contributed by atoms with E-state index in [0.717, 1.165) is 43.8 Å². The number of benzene rings is 1. The monoisotopic (exact) mass is 349 g/mol. The van der Waals surface area contributed by atoms with Gasteiger partial charge in [-0.25, -0.2) is 9.97 Å². The lowest BCUT2D eigenvalue weighted by atomic mass is 10.0. The molecule has 1 aliphatic rings. The molecule has 0 aliphatic carbocycles. The van der Waals surface area contributed by atoms with E-state index in [-0.39, 0.29) is 6.10 Å². The molecule has 6 heteroatoms. The molecule has 0 atom stereocenters. The number of aromatic nitrogens is 3. The summed E-state index contributed by atoms with van der Waals surface area (Å²) in [5.41, 5.74) is 4.03. The second-order valence-corrected chi connectivity index (χ2v) is 6.73. The number of likely N-dealkylation sites (tertiary alicyclic amines) is 1. The lowest BCUT2D eigenvalue weighted by Gasteiger charge is -2.30. The van der Waals surface area contributed by atoms with Gasteiger partial charge in [0.2, 0.25) is 0 Å². The summed E-state index contributed by atoms with van der Waals surface area (Å²) >= 11 is 0. The number of hydrogen-bond acceptors (Lipinski definition) is 6. The Kier molecular flexibility index (Phi) is 5.04. The van der Waals surface area contributed by atoms with Crippen LogP contribution < -0.4 is 5.32 Å². The summed E-state index contributed by atoms with van der Waals surface area (Å²) in [6.07, 6.45) is 4.92. The van der Waals surface area contributed by atoms with E-state index in [4.69, 9.17) is 0 Å². The number of nitrogens with one attached hydrogen (secondary N) is 1. The van der Waals surface area contributed by atoms with Gasteiger partial charge in [0.05, 0.1) is 6.10 Å². The number of nitrogens with zero attached hydrogens (tertiary/aromatic N) is 4. The van der Waals surface area contributed by atoms with Gasteiger partial charge in [-0.1, -0.05) is 24.3 Å². The van der Waals surface area contributed by atoms with Crippen molar-refractivity contribution in [1.29, 1.82) is 0 Å². The van der Waals surface area contributed by atoms with Crippen molar-refractivity contribution in [3.8, 4) is 0 Å². The average Bonchev–Trinajstić information content (AvgIpc) is 2.69. The van der Waals surface area contributed by atoms with Gasteiger partial charge >= 0.3 is 0 Å². The van der Waals surface area contributed by atoms with Crippen LogP contribution in [0.5, 0.6) is 0 Å². The molecule has 6 nitrogen and oxygen atoms in total. The number of anilines is 1. The van der Waals surface area contributed by atoms with Gasteiger partial charge in [-0.2, -0.15) is 0 Å². The van der Waals surface area contributed by atoms with Gasteiger partial charge < -0.3 is 10.4 Å². The fraction of sp³-hybridized carbons (Fsp3) is 0.350. The van der Waals surface area contributed by atoms with Crippen LogP contribution in [0.25, 0.3) is 11.2 Å². The fourth-order valence-electron chi connectivity index (χ4n) is 3.34. The van der Waals surface area contributed by atoms with Gasteiger partial charge in [0, 0.05) is 38.6 Å². The minimum absolute atomic E-state index is 0.134. The van der Waals surface area contributed by atoms with Crippen molar-refractivity contribution in [2.45, 2.75) is 32.0 Å². The molecule has 1 saturated heterocycles.